The summed E-state index contributed by atoms with van der Waals surface area (Å²) in [5.74, 6) is 0.795. The molecule has 5 heteroatoms. The number of nitrogens with zero attached hydrogens (tertiary/aromatic N) is 1. The van der Waals surface area contributed by atoms with Crippen molar-refractivity contribution < 1.29 is 4.79 Å². The quantitative estimate of drug-likeness (QED) is 0.774. The minimum absolute atomic E-state index is 0.0182. The lowest BCUT2D eigenvalue weighted by molar-refractivity contribution is -0.116. The van der Waals surface area contributed by atoms with Gasteiger partial charge in [-0.2, -0.15) is 0 Å². The lowest BCUT2D eigenvalue weighted by Gasteiger charge is -2.36. The average Bonchev–Trinajstić information content (AvgIpc) is 3.28. The molecule has 1 amide bonds. The highest BCUT2D eigenvalue weighted by Gasteiger charge is 2.25. The van der Waals surface area contributed by atoms with Crippen molar-refractivity contribution in [3.63, 3.8) is 0 Å². The van der Waals surface area contributed by atoms with E-state index in [-0.39, 0.29) is 11.9 Å². The fraction of sp³-hybridized carbons (Fsp3) is 0.421. The predicted octanol–water partition coefficient (Wildman–Crippen LogP) is 4.41. The van der Waals surface area contributed by atoms with E-state index < -0.39 is 0 Å². The van der Waals surface area contributed by atoms with Crippen LogP contribution in [0.3, 0.4) is 0 Å². The van der Waals surface area contributed by atoms with Crippen LogP contribution in [0.1, 0.15) is 35.6 Å². The summed E-state index contributed by atoms with van der Waals surface area (Å²) in [5, 5.41) is 7.22. The van der Waals surface area contributed by atoms with E-state index in [0.29, 0.717) is 6.54 Å². The number of likely N-dealkylation sites (tertiary alicyclic amines) is 1. The van der Waals surface area contributed by atoms with Gasteiger partial charge in [-0.25, -0.2) is 0 Å². The van der Waals surface area contributed by atoms with Crippen molar-refractivity contribution >= 4 is 34.7 Å². The van der Waals surface area contributed by atoms with Gasteiger partial charge in [-0.05, 0) is 60.8 Å². The number of piperidine rings is 1. The van der Waals surface area contributed by atoms with Crippen molar-refractivity contribution in [2.24, 2.45) is 5.92 Å². The van der Waals surface area contributed by atoms with Crippen LogP contribution in [0.2, 0.25) is 0 Å². The molecule has 0 aliphatic carbocycles. The first-order valence-electron chi connectivity index (χ1n) is 8.49. The highest BCUT2D eigenvalue weighted by molar-refractivity contribution is 7.10. The highest BCUT2D eigenvalue weighted by Crippen LogP contribution is 2.29. The minimum Gasteiger partial charge on any atom is -0.351 e. The van der Waals surface area contributed by atoms with Gasteiger partial charge in [0.1, 0.15) is 0 Å². The third kappa shape index (κ3) is 4.79. The molecule has 0 radical (unpaired) electrons. The van der Waals surface area contributed by atoms with Crippen molar-refractivity contribution in [3.05, 3.63) is 50.9 Å². The molecule has 2 aromatic rings. The molecule has 1 atom stereocenters. The number of rotatable bonds is 6. The second-order valence-electron chi connectivity index (χ2n) is 6.34. The molecule has 2 aromatic heterocycles. The van der Waals surface area contributed by atoms with Gasteiger partial charge in [0.25, 0.3) is 0 Å². The number of hydrogen-bond acceptors (Lipinski definition) is 4. The van der Waals surface area contributed by atoms with E-state index in [1.54, 1.807) is 28.7 Å². The Hall–Kier alpha value is -1.43. The normalized spacial score (nSPS) is 18.0. The van der Waals surface area contributed by atoms with Crippen LogP contribution in [0.15, 0.2) is 41.1 Å². The Bertz CT molecular complexity index is 641. The lowest BCUT2D eigenvalue weighted by atomic mass is 9.97. The Morgan fingerprint density at radius 1 is 1.29 bits per heavy atom. The fourth-order valence-corrected chi connectivity index (χ4v) is 4.51. The molecular weight excluding hydrogens is 336 g/mol. The third-order valence-electron chi connectivity index (χ3n) is 4.54. The number of hydrogen-bond donors (Lipinski definition) is 1. The first kappa shape index (κ1) is 17.4. The molecule has 0 bridgehead atoms. The second-order valence-corrected chi connectivity index (χ2v) is 8.30. The van der Waals surface area contributed by atoms with Crippen LogP contribution in [0.4, 0.5) is 0 Å². The van der Waals surface area contributed by atoms with Gasteiger partial charge in [-0.15, -0.1) is 22.7 Å². The summed E-state index contributed by atoms with van der Waals surface area (Å²) >= 11 is 3.42. The lowest BCUT2D eigenvalue weighted by Crippen LogP contribution is -2.41. The Kier molecular flexibility index (Phi) is 6.24. The van der Waals surface area contributed by atoms with E-state index in [1.165, 1.54) is 17.7 Å². The highest BCUT2D eigenvalue weighted by atomic mass is 32.1. The molecule has 0 saturated carbocycles. The summed E-state index contributed by atoms with van der Waals surface area (Å²) in [6, 6.07) is 8.57. The van der Waals surface area contributed by atoms with Crippen LogP contribution in [0.5, 0.6) is 0 Å². The average molecular weight is 361 g/mol. The number of nitrogens with one attached hydrogen (secondary N) is 1. The number of carbonyl (C=O) groups is 1. The minimum atomic E-state index is -0.0182. The van der Waals surface area contributed by atoms with E-state index in [9.17, 15) is 4.79 Å². The van der Waals surface area contributed by atoms with Crippen LogP contribution < -0.4 is 5.32 Å². The smallest absolute Gasteiger partial charge is 0.244 e. The molecular formula is C19H24N2OS2. The standard InChI is InChI=1S/C19H24N2OS2/c1-15-8-10-21(11-9-15)17(18-5-3-13-24-18)14-20-19(22)7-6-16-4-2-12-23-16/h2-7,12-13,15,17H,8-11,14H2,1H3,(H,20,22)/b7-6+/t17-/m0/s1. The van der Waals surface area contributed by atoms with Gasteiger partial charge in [0, 0.05) is 22.4 Å². The summed E-state index contributed by atoms with van der Waals surface area (Å²) in [5.41, 5.74) is 0. The van der Waals surface area contributed by atoms with Crippen molar-refractivity contribution in [3.8, 4) is 0 Å². The summed E-state index contributed by atoms with van der Waals surface area (Å²) in [4.78, 5) is 17.1. The molecule has 1 saturated heterocycles. The Balaban J connectivity index is 1.59. The zero-order chi connectivity index (χ0) is 16.8. The third-order valence-corrected chi connectivity index (χ3v) is 6.35. The number of amides is 1. The zero-order valence-electron chi connectivity index (χ0n) is 14.0. The summed E-state index contributed by atoms with van der Waals surface area (Å²) in [7, 11) is 0. The van der Waals surface area contributed by atoms with E-state index in [2.05, 4.69) is 34.7 Å². The van der Waals surface area contributed by atoms with Gasteiger partial charge in [0.05, 0.1) is 6.04 Å². The van der Waals surface area contributed by atoms with Crippen LogP contribution >= 0.6 is 22.7 Å². The van der Waals surface area contributed by atoms with Gasteiger partial charge >= 0.3 is 0 Å². The van der Waals surface area contributed by atoms with Crippen molar-refractivity contribution in [1.29, 1.82) is 0 Å². The Morgan fingerprint density at radius 2 is 2.04 bits per heavy atom. The molecule has 1 N–H and O–H groups in total. The summed E-state index contributed by atoms with van der Waals surface area (Å²) in [6.07, 6.45) is 6.00. The molecule has 1 aliphatic rings. The Morgan fingerprint density at radius 3 is 2.71 bits per heavy atom. The van der Waals surface area contributed by atoms with Gasteiger partial charge in [-0.1, -0.05) is 19.1 Å². The SMILES string of the molecule is CC1CCN([C@@H](CNC(=O)/C=C/c2cccs2)c2cccs2)CC1. The van der Waals surface area contributed by atoms with Crippen LogP contribution in [-0.2, 0) is 4.79 Å². The summed E-state index contributed by atoms with van der Waals surface area (Å²) < 4.78 is 0. The van der Waals surface area contributed by atoms with Crippen molar-refractivity contribution in [2.45, 2.75) is 25.8 Å². The molecule has 3 rings (SSSR count). The van der Waals surface area contributed by atoms with Crippen molar-refractivity contribution in [2.75, 3.05) is 19.6 Å². The Labute approximate surface area is 152 Å². The summed E-state index contributed by atoms with van der Waals surface area (Å²) in [6.45, 7) is 5.23. The molecule has 3 nitrogen and oxygen atoms in total. The van der Waals surface area contributed by atoms with E-state index >= 15 is 0 Å². The first-order chi connectivity index (χ1) is 11.7. The van der Waals surface area contributed by atoms with Gasteiger partial charge in [0.2, 0.25) is 5.91 Å². The topological polar surface area (TPSA) is 32.3 Å². The number of thiophene rings is 2. The molecule has 0 spiro atoms. The van der Waals surface area contributed by atoms with Crippen LogP contribution in [0.25, 0.3) is 6.08 Å². The molecule has 3 heterocycles. The zero-order valence-corrected chi connectivity index (χ0v) is 15.6. The van der Waals surface area contributed by atoms with Gasteiger partial charge in [0.15, 0.2) is 0 Å². The maximum absolute atomic E-state index is 12.1. The molecule has 1 aliphatic heterocycles. The molecule has 0 unspecified atom stereocenters. The predicted molar refractivity (Wildman–Crippen MR) is 103 cm³/mol. The van der Waals surface area contributed by atoms with Crippen LogP contribution in [0, 0.1) is 5.92 Å². The molecule has 1 fully saturated rings. The van der Waals surface area contributed by atoms with Crippen LogP contribution in [-0.4, -0.2) is 30.4 Å². The number of carbonyl (C=O) groups excluding carboxylic acids is 1. The first-order valence-corrected chi connectivity index (χ1v) is 10.2. The molecule has 128 valence electrons. The second kappa shape index (κ2) is 8.60. The van der Waals surface area contributed by atoms with E-state index in [0.717, 1.165) is 23.9 Å². The maximum Gasteiger partial charge on any atom is 0.244 e. The van der Waals surface area contributed by atoms with Gasteiger partial charge in [-0.3, -0.25) is 9.69 Å². The maximum atomic E-state index is 12.1. The molecule has 0 aromatic carbocycles. The fourth-order valence-electron chi connectivity index (χ4n) is 3.03. The van der Waals surface area contributed by atoms with Gasteiger partial charge < -0.3 is 5.32 Å². The molecule has 24 heavy (non-hydrogen) atoms. The van der Waals surface area contributed by atoms with E-state index in [1.807, 2.05) is 23.6 Å². The monoisotopic (exact) mass is 360 g/mol. The largest absolute Gasteiger partial charge is 0.351 e. The van der Waals surface area contributed by atoms with E-state index in [4.69, 9.17) is 0 Å². The van der Waals surface area contributed by atoms with Crippen molar-refractivity contribution in [1.82, 2.24) is 10.2 Å².